The minimum Gasteiger partial charge on any atom is -0.494 e. The maximum absolute atomic E-state index is 13.6. The molecule has 1 atom stereocenters. The van der Waals surface area contributed by atoms with Gasteiger partial charge in [0.05, 0.1) is 25.3 Å². The van der Waals surface area contributed by atoms with Gasteiger partial charge in [0.2, 0.25) is 0 Å². The molecule has 1 unspecified atom stereocenters. The molecule has 0 aliphatic heterocycles. The molecular formula is C12H13FN2O3S. The van der Waals surface area contributed by atoms with Crippen LogP contribution >= 0.6 is 12.2 Å². The van der Waals surface area contributed by atoms with Gasteiger partial charge in [0.15, 0.2) is 16.3 Å². The highest BCUT2D eigenvalue weighted by Gasteiger charge is 2.20. The number of aromatic nitrogens is 2. The van der Waals surface area contributed by atoms with Crippen LogP contribution in [0.3, 0.4) is 0 Å². The lowest BCUT2D eigenvalue weighted by Crippen LogP contribution is -2.17. The molecule has 0 saturated heterocycles. The molecule has 0 aliphatic carbocycles. The van der Waals surface area contributed by atoms with Crippen LogP contribution in [-0.2, 0) is 9.53 Å². The van der Waals surface area contributed by atoms with Crippen molar-refractivity contribution in [3.05, 3.63) is 22.7 Å². The van der Waals surface area contributed by atoms with Gasteiger partial charge in [-0.25, -0.2) is 9.18 Å². The molecule has 0 amide bonds. The first-order chi connectivity index (χ1) is 8.99. The maximum atomic E-state index is 13.6. The third-order valence-electron chi connectivity index (χ3n) is 2.92. The van der Waals surface area contributed by atoms with E-state index in [2.05, 4.69) is 4.98 Å². The molecule has 0 fully saturated rings. The lowest BCUT2D eigenvalue weighted by molar-refractivity contribution is -0.143. The molecule has 0 radical (unpaired) electrons. The number of carbonyl (C=O) groups excluding carboxylic acids is 1. The number of ether oxygens (including phenoxy) is 2. The first-order valence-electron chi connectivity index (χ1n) is 5.55. The number of fused-ring (bicyclic) bond motifs is 1. The van der Waals surface area contributed by atoms with Gasteiger partial charge in [0.25, 0.3) is 0 Å². The molecule has 0 bridgehead atoms. The number of hydrogen-bond acceptors (Lipinski definition) is 4. The van der Waals surface area contributed by atoms with Crippen molar-refractivity contribution in [1.82, 2.24) is 9.55 Å². The molecule has 1 heterocycles. The van der Waals surface area contributed by atoms with E-state index in [9.17, 15) is 9.18 Å². The summed E-state index contributed by atoms with van der Waals surface area (Å²) in [5.41, 5.74) is 1.08. The highest BCUT2D eigenvalue weighted by molar-refractivity contribution is 7.71. The van der Waals surface area contributed by atoms with Crippen LogP contribution < -0.4 is 4.74 Å². The van der Waals surface area contributed by atoms with Crippen LogP contribution in [0.5, 0.6) is 5.75 Å². The minimum absolute atomic E-state index is 0.0901. The molecule has 0 aliphatic rings. The molecule has 1 aromatic heterocycles. The van der Waals surface area contributed by atoms with Gasteiger partial charge >= 0.3 is 5.97 Å². The lowest BCUT2D eigenvalue weighted by atomic mass is 10.2. The van der Waals surface area contributed by atoms with Gasteiger partial charge in [-0.3, -0.25) is 0 Å². The summed E-state index contributed by atoms with van der Waals surface area (Å²) in [5.74, 6) is -0.836. The first kappa shape index (κ1) is 13.5. The van der Waals surface area contributed by atoms with Crippen molar-refractivity contribution in [2.45, 2.75) is 13.0 Å². The van der Waals surface area contributed by atoms with Crippen molar-refractivity contribution in [1.29, 1.82) is 0 Å². The van der Waals surface area contributed by atoms with E-state index >= 15 is 0 Å². The summed E-state index contributed by atoms with van der Waals surface area (Å²) < 4.78 is 25.1. The number of imidazole rings is 1. The van der Waals surface area contributed by atoms with Crippen molar-refractivity contribution >= 4 is 29.2 Å². The third kappa shape index (κ3) is 2.21. The first-order valence-corrected chi connectivity index (χ1v) is 5.96. The Morgan fingerprint density at radius 1 is 1.47 bits per heavy atom. The van der Waals surface area contributed by atoms with Crippen molar-refractivity contribution in [2.24, 2.45) is 0 Å². The summed E-state index contributed by atoms with van der Waals surface area (Å²) in [5, 5.41) is 0. The van der Waals surface area contributed by atoms with E-state index in [4.69, 9.17) is 21.7 Å². The lowest BCUT2D eigenvalue weighted by Gasteiger charge is -2.12. The summed E-state index contributed by atoms with van der Waals surface area (Å²) >= 11 is 5.16. The quantitative estimate of drug-likeness (QED) is 0.695. The van der Waals surface area contributed by atoms with Crippen molar-refractivity contribution in [2.75, 3.05) is 14.2 Å². The van der Waals surface area contributed by atoms with Gasteiger partial charge in [0.1, 0.15) is 6.04 Å². The highest BCUT2D eigenvalue weighted by atomic mass is 32.1. The molecule has 1 aromatic carbocycles. The van der Waals surface area contributed by atoms with Crippen LogP contribution in [0, 0.1) is 10.6 Å². The van der Waals surface area contributed by atoms with Crippen molar-refractivity contribution < 1.29 is 18.7 Å². The molecule has 1 N–H and O–H groups in total. The fraction of sp³-hybridized carbons (Fsp3) is 0.333. The number of H-pyrrole nitrogens is 1. The Kier molecular flexibility index (Phi) is 3.57. The zero-order chi connectivity index (χ0) is 14.2. The topological polar surface area (TPSA) is 56.2 Å². The van der Waals surface area contributed by atoms with Gasteiger partial charge in [-0.15, -0.1) is 0 Å². The van der Waals surface area contributed by atoms with Crippen LogP contribution in [0.15, 0.2) is 12.1 Å². The van der Waals surface area contributed by atoms with Crippen LogP contribution in [-0.4, -0.2) is 29.7 Å². The smallest absolute Gasteiger partial charge is 0.328 e. The van der Waals surface area contributed by atoms with E-state index in [0.717, 1.165) is 0 Å². The number of rotatable bonds is 3. The van der Waals surface area contributed by atoms with Gasteiger partial charge in [-0.1, -0.05) is 0 Å². The summed E-state index contributed by atoms with van der Waals surface area (Å²) in [6.45, 7) is 1.66. The average Bonchev–Trinajstić information content (AvgIpc) is 2.70. The number of aromatic amines is 1. The van der Waals surface area contributed by atoms with Crippen LogP contribution in [0.1, 0.15) is 13.0 Å². The SMILES string of the molecule is COC(=O)C(C)n1c(=S)[nH]c2cc(F)c(OC)cc21. The van der Waals surface area contributed by atoms with E-state index in [0.29, 0.717) is 15.8 Å². The van der Waals surface area contributed by atoms with E-state index < -0.39 is 17.8 Å². The minimum atomic E-state index is -0.610. The number of methoxy groups -OCH3 is 2. The number of hydrogen-bond donors (Lipinski definition) is 1. The number of esters is 1. The number of halogens is 1. The van der Waals surface area contributed by atoms with Gasteiger partial charge in [0, 0.05) is 12.1 Å². The molecule has 102 valence electrons. The Bertz CT molecular complexity index is 692. The standard InChI is InChI=1S/C12H13FN2O3S/c1-6(11(16)18-3)15-9-5-10(17-2)7(13)4-8(9)14-12(15)19/h4-6H,1-3H3,(H,14,19). The van der Waals surface area contributed by atoms with Gasteiger partial charge < -0.3 is 19.0 Å². The predicted molar refractivity (Wildman–Crippen MR) is 70.4 cm³/mol. The Hall–Kier alpha value is -1.89. The fourth-order valence-electron chi connectivity index (χ4n) is 1.94. The predicted octanol–water partition coefficient (Wildman–Crippen LogP) is 2.58. The van der Waals surface area contributed by atoms with Gasteiger partial charge in [-0.2, -0.15) is 0 Å². The summed E-state index contributed by atoms with van der Waals surface area (Å²) in [4.78, 5) is 14.5. The normalized spacial score (nSPS) is 12.4. The van der Waals surface area contributed by atoms with Crippen LogP contribution in [0.25, 0.3) is 11.0 Å². The molecule has 7 heteroatoms. The largest absolute Gasteiger partial charge is 0.494 e. The van der Waals surface area contributed by atoms with Crippen LogP contribution in [0.2, 0.25) is 0 Å². The Labute approximate surface area is 113 Å². The third-order valence-corrected chi connectivity index (χ3v) is 3.22. The van der Waals surface area contributed by atoms with Gasteiger partial charge in [-0.05, 0) is 19.1 Å². The maximum Gasteiger partial charge on any atom is 0.328 e. The molecular weight excluding hydrogens is 271 g/mol. The zero-order valence-corrected chi connectivity index (χ0v) is 11.5. The van der Waals surface area contributed by atoms with E-state index in [1.807, 2.05) is 0 Å². The Morgan fingerprint density at radius 2 is 2.16 bits per heavy atom. The molecule has 2 aromatic rings. The molecule has 19 heavy (non-hydrogen) atoms. The molecule has 5 nitrogen and oxygen atoms in total. The van der Waals surface area contributed by atoms with E-state index in [1.54, 1.807) is 11.5 Å². The Balaban J connectivity index is 2.70. The van der Waals surface area contributed by atoms with E-state index in [1.165, 1.54) is 26.4 Å². The zero-order valence-electron chi connectivity index (χ0n) is 10.7. The fourth-order valence-corrected chi connectivity index (χ4v) is 2.31. The number of nitrogens with one attached hydrogen (secondary N) is 1. The second kappa shape index (κ2) is 5.00. The molecule has 0 saturated carbocycles. The second-order valence-electron chi connectivity index (χ2n) is 4.00. The monoisotopic (exact) mass is 284 g/mol. The summed E-state index contributed by atoms with van der Waals surface area (Å²) in [7, 11) is 2.68. The number of carbonyl (C=O) groups is 1. The average molecular weight is 284 g/mol. The van der Waals surface area contributed by atoms with Crippen LogP contribution in [0.4, 0.5) is 4.39 Å². The Morgan fingerprint density at radius 3 is 2.74 bits per heavy atom. The summed E-state index contributed by atoms with van der Waals surface area (Å²) in [6.07, 6.45) is 0. The second-order valence-corrected chi connectivity index (χ2v) is 4.39. The molecule has 0 spiro atoms. The molecule has 2 rings (SSSR count). The van der Waals surface area contributed by atoms with Crippen molar-refractivity contribution in [3.63, 3.8) is 0 Å². The highest BCUT2D eigenvalue weighted by Crippen LogP contribution is 2.27. The number of nitrogens with zero attached hydrogens (tertiary/aromatic N) is 1. The number of benzene rings is 1. The summed E-state index contributed by atoms with van der Waals surface area (Å²) in [6, 6.07) is 2.17. The van der Waals surface area contributed by atoms with E-state index in [-0.39, 0.29) is 5.75 Å². The van der Waals surface area contributed by atoms with Crippen molar-refractivity contribution in [3.8, 4) is 5.75 Å².